The number of nitrogens with zero attached hydrogens (tertiary/aromatic N) is 2. The lowest BCUT2D eigenvalue weighted by Crippen LogP contribution is -2.14. The summed E-state index contributed by atoms with van der Waals surface area (Å²) in [5.41, 5.74) is 10.0. The van der Waals surface area contributed by atoms with Gasteiger partial charge in [-0.2, -0.15) is 0 Å². The minimum Gasteiger partial charge on any atom is -0.477 e. The molecule has 3 aromatic carbocycles. The smallest absolute Gasteiger partial charge is 0.352 e. The lowest BCUT2D eigenvalue weighted by atomic mass is 9.93. The highest BCUT2D eigenvalue weighted by Crippen LogP contribution is 2.33. The molecule has 146 valence electrons. The fourth-order valence-electron chi connectivity index (χ4n) is 4.21. The Hall–Kier alpha value is -3.80. The molecular formula is C23H21N3O3. The fourth-order valence-corrected chi connectivity index (χ4v) is 4.21. The number of benzene rings is 3. The minimum atomic E-state index is -0.983. The maximum absolute atomic E-state index is 12.1. The summed E-state index contributed by atoms with van der Waals surface area (Å²) in [5.74, 6) is -0.982. The van der Waals surface area contributed by atoms with Gasteiger partial charge in [0.15, 0.2) is 5.84 Å². The van der Waals surface area contributed by atoms with Crippen LogP contribution in [0.2, 0.25) is 0 Å². The van der Waals surface area contributed by atoms with E-state index in [-0.39, 0.29) is 11.5 Å². The van der Waals surface area contributed by atoms with Crippen LogP contribution < -0.4 is 5.73 Å². The molecule has 0 fully saturated rings. The van der Waals surface area contributed by atoms with Gasteiger partial charge in [-0.25, -0.2) is 4.79 Å². The summed E-state index contributed by atoms with van der Waals surface area (Å²) in [6.45, 7) is 1.87. The van der Waals surface area contributed by atoms with E-state index in [0.717, 1.165) is 38.4 Å². The van der Waals surface area contributed by atoms with Crippen LogP contribution in [0, 0.1) is 6.92 Å². The molecule has 0 bridgehead atoms. The van der Waals surface area contributed by atoms with Crippen molar-refractivity contribution in [3.05, 3.63) is 82.5 Å². The molecule has 6 nitrogen and oxygen atoms in total. The van der Waals surface area contributed by atoms with Crippen molar-refractivity contribution in [2.24, 2.45) is 17.9 Å². The van der Waals surface area contributed by atoms with Crippen LogP contribution >= 0.6 is 0 Å². The summed E-state index contributed by atoms with van der Waals surface area (Å²) in [5, 5.41) is 25.2. The standard InChI is InChI=1S/C23H21N3O3/c1-13-16(22(24)25-29)10-11-19-20(13)18(21(23(27)28)26(19)2)12-15-8-5-7-14-6-3-4-9-17(14)15/h3-11,29H,12H2,1-2H3,(H2,24,25)(H,27,28). The quantitative estimate of drug-likeness (QED) is 0.213. The number of carboxylic acids is 1. The summed E-state index contributed by atoms with van der Waals surface area (Å²) < 4.78 is 1.70. The van der Waals surface area contributed by atoms with E-state index in [1.807, 2.05) is 55.5 Å². The van der Waals surface area contributed by atoms with E-state index in [2.05, 4.69) is 5.16 Å². The number of aryl methyl sites for hydroxylation is 2. The number of aromatic carboxylic acids is 1. The largest absolute Gasteiger partial charge is 0.477 e. The third-order valence-corrected chi connectivity index (χ3v) is 5.56. The van der Waals surface area contributed by atoms with Crippen LogP contribution in [0.5, 0.6) is 0 Å². The molecule has 0 atom stereocenters. The van der Waals surface area contributed by atoms with Crippen LogP contribution in [-0.2, 0) is 13.5 Å². The summed E-state index contributed by atoms with van der Waals surface area (Å²) in [4.78, 5) is 12.1. The number of hydrogen-bond donors (Lipinski definition) is 3. The molecule has 0 unspecified atom stereocenters. The second-order valence-corrected chi connectivity index (χ2v) is 7.12. The molecule has 4 aromatic rings. The zero-order chi connectivity index (χ0) is 20.7. The van der Waals surface area contributed by atoms with Crippen LogP contribution in [0.4, 0.5) is 0 Å². The lowest BCUT2D eigenvalue weighted by molar-refractivity contribution is 0.0686. The van der Waals surface area contributed by atoms with E-state index in [0.29, 0.717) is 12.0 Å². The first kappa shape index (κ1) is 18.6. The topological polar surface area (TPSA) is 101 Å². The number of rotatable bonds is 4. The zero-order valence-corrected chi connectivity index (χ0v) is 16.2. The van der Waals surface area contributed by atoms with E-state index >= 15 is 0 Å². The molecule has 4 N–H and O–H groups in total. The zero-order valence-electron chi connectivity index (χ0n) is 16.2. The molecule has 6 heteroatoms. The van der Waals surface area contributed by atoms with Crippen molar-refractivity contribution in [1.29, 1.82) is 0 Å². The van der Waals surface area contributed by atoms with E-state index in [1.165, 1.54) is 0 Å². The SMILES string of the molecule is Cc1c(C(N)=NO)ccc2c1c(Cc1cccc3ccccc13)c(C(=O)O)n2C. The van der Waals surface area contributed by atoms with Crippen molar-refractivity contribution in [2.75, 3.05) is 0 Å². The lowest BCUT2D eigenvalue weighted by Gasteiger charge is -2.10. The molecule has 1 heterocycles. The van der Waals surface area contributed by atoms with Gasteiger partial charge < -0.3 is 20.6 Å². The second kappa shape index (κ2) is 6.98. The third kappa shape index (κ3) is 2.89. The summed E-state index contributed by atoms with van der Waals surface area (Å²) in [6.07, 6.45) is 0.459. The number of oxime groups is 1. The number of nitrogens with two attached hydrogens (primary N) is 1. The van der Waals surface area contributed by atoms with E-state index in [1.54, 1.807) is 17.7 Å². The van der Waals surface area contributed by atoms with Crippen molar-refractivity contribution in [3.63, 3.8) is 0 Å². The Morgan fingerprint density at radius 2 is 1.83 bits per heavy atom. The van der Waals surface area contributed by atoms with Crippen LogP contribution in [0.1, 0.15) is 32.7 Å². The molecule has 0 aliphatic carbocycles. The van der Waals surface area contributed by atoms with Crippen molar-refractivity contribution < 1.29 is 15.1 Å². The Kier molecular flexibility index (Phi) is 4.47. The molecule has 29 heavy (non-hydrogen) atoms. The van der Waals surface area contributed by atoms with Gasteiger partial charge in [0.25, 0.3) is 0 Å². The van der Waals surface area contributed by atoms with E-state index in [4.69, 9.17) is 10.9 Å². The van der Waals surface area contributed by atoms with Crippen molar-refractivity contribution in [3.8, 4) is 0 Å². The van der Waals surface area contributed by atoms with Crippen LogP contribution in [0.15, 0.2) is 59.8 Å². The number of aromatic nitrogens is 1. The molecular weight excluding hydrogens is 366 g/mol. The first-order chi connectivity index (χ1) is 13.9. The van der Waals surface area contributed by atoms with Gasteiger partial charge in [-0.1, -0.05) is 47.6 Å². The number of carboxylic acid groups (broad SMARTS) is 1. The molecule has 1 aromatic heterocycles. The van der Waals surface area contributed by atoms with Crippen LogP contribution in [0.3, 0.4) is 0 Å². The highest BCUT2D eigenvalue weighted by atomic mass is 16.4. The Labute approximate surface area is 167 Å². The van der Waals surface area contributed by atoms with Gasteiger partial charge in [-0.05, 0) is 46.5 Å². The normalized spacial score (nSPS) is 12.0. The predicted molar refractivity (Wildman–Crippen MR) is 114 cm³/mol. The van der Waals surface area contributed by atoms with Gasteiger partial charge in [0.2, 0.25) is 0 Å². The maximum atomic E-state index is 12.1. The summed E-state index contributed by atoms with van der Waals surface area (Å²) in [7, 11) is 1.75. The molecule has 0 aliphatic rings. The maximum Gasteiger partial charge on any atom is 0.352 e. The van der Waals surface area contributed by atoms with Gasteiger partial charge >= 0.3 is 5.97 Å². The summed E-state index contributed by atoms with van der Waals surface area (Å²) >= 11 is 0. The number of fused-ring (bicyclic) bond motifs is 2. The third-order valence-electron chi connectivity index (χ3n) is 5.56. The molecule has 0 radical (unpaired) electrons. The van der Waals surface area contributed by atoms with Gasteiger partial charge in [0.05, 0.1) is 0 Å². The van der Waals surface area contributed by atoms with Crippen LogP contribution in [0.25, 0.3) is 21.7 Å². The van der Waals surface area contributed by atoms with Gasteiger partial charge in [0, 0.05) is 29.9 Å². The molecule has 0 aliphatic heterocycles. The van der Waals surface area contributed by atoms with Crippen molar-refractivity contribution in [2.45, 2.75) is 13.3 Å². The summed E-state index contributed by atoms with van der Waals surface area (Å²) in [6, 6.07) is 17.7. The molecule has 0 amide bonds. The number of hydrogen-bond acceptors (Lipinski definition) is 3. The Balaban J connectivity index is 2.04. The number of carbonyl (C=O) groups is 1. The average molecular weight is 387 g/mol. The van der Waals surface area contributed by atoms with E-state index in [9.17, 15) is 9.90 Å². The highest BCUT2D eigenvalue weighted by molar-refractivity contribution is 6.06. The van der Waals surface area contributed by atoms with Crippen molar-refractivity contribution in [1.82, 2.24) is 4.57 Å². The monoisotopic (exact) mass is 387 g/mol. The first-order valence-electron chi connectivity index (χ1n) is 9.22. The van der Waals surface area contributed by atoms with Gasteiger partial charge in [0.1, 0.15) is 5.69 Å². The van der Waals surface area contributed by atoms with Crippen LogP contribution in [-0.4, -0.2) is 26.7 Å². The molecule has 0 saturated heterocycles. The van der Waals surface area contributed by atoms with Crippen molar-refractivity contribution >= 4 is 33.5 Å². The Morgan fingerprint density at radius 3 is 2.55 bits per heavy atom. The Morgan fingerprint density at radius 1 is 1.10 bits per heavy atom. The minimum absolute atomic E-state index is 0.00115. The first-order valence-corrected chi connectivity index (χ1v) is 9.22. The van der Waals surface area contributed by atoms with Gasteiger partial charge in [-0.3, -0.25) is 0 Å². The average Bonchev–Trinajstić information content (AvgIpc) is 3.00. The predicted octanol–water partition coefficient (Wildman–Crippen LogP) is 4.02. The number of amidine groups is 1. The van der Waals surface area contributed by atoms with E-state index < -0.39 is 5.97 Å². The fraction of sp³-hybridized carbons (Fsp3) is 0.130. The second-order valence-electron chi connectivity index (χ2n) is 7.12. The molecule has 0 saturated carbocycles. The Bertz CT molecular complexity index is 1300. The molecule has 4 rings (SSSR count). The molecule has 0 spiro atoms. The highest BCUT2D eigenvalue weighted by Gasteiger charge is 2.24. The van der Waals surface area contributed by atoms with Gasteiger partial charge in [-0.15, -0.1) is 0 Å².